The van der Waals surface area contributed by atoms with E-state index in [0.29, 0.717) is 6.07 Å². The van der Waals surface area contributed by atoms with E-state index in [4.69, 9.17) is 6.42 Å². The maximum absolute atomic E-state index is 12.1. The van der Waals surface area contributed by atoms with Gasteiger partial charge in [0.25, 0.3) is 0 Å². The first-order valence-corrected chi connectivity index (χ1v) is 4.67. The monoisotopic (exact) mass is 284 g/mol. The third kappa shape index (κ3) is 5.42. The van der Waals surface area contributed by atoms with Gasteiger partial charge in [-0.05, 0) is 12.1 Å². The van der Waals surface area contributed by atoms with Gasteiger partial charge < -0.3 is 9.47 Å². The van der Waals surface area contributed by atoms with Crippen molar-refractivity contribution in [2.75, 3.05) is 6.61 Å². The van der Waals surface area contributed by atoms with Crippen LogP contribution in [0.1, 0.15) is 5.56 Å². The Morgan fingerprint density at radius 3 is 2.21 bits per heavy atom. The van der Waals surface area contributed by atoms with E-state index in [0.717, 1.165) is 12.1 Å². The highest BCUT2D eigenvalue weighted by Gasteiger charge is 2.32. The fourth-order valence-corrected chi connectivity index (χ4v) is 1.09. The van der Waals surface area contributed by atoms with Gasteiger partial charge in [-0.25, -0.2) is 0 Å². The van der Waals surface area contributed by atoms with E-state index in [9.17, 15) is 26.3 Å². The van der Waals surface area contributed by atoms with Gasteiger partial charge in [0, 0.05) is 6.07 Å². The van der Waals surface area contributed by atoms with Crippen molar-refractivity contribution in [1.82, 2.24) is 0 Å². The summed E-state index contributed by atoms with van der Waals surface area (Å²) in [6, 6.07) is 2.66. The molecule has 0 fully saturated rings. The van der Waals surface area contributed by atoms with Crippen LogP contribution in [0.25, 0.3) is 0 Å². The molecule has 0 spiro atoms. The van der Waals surface area contributed by atoms with Gasteiger partial charge in [-0.2, -0.15) is 13.2 Å². The molecular weight excluding hydrogens is 278 g/mol. The summed E-state index contributed by atoms with van der Waals surface area (Å²) in [4.78, 5) is 0. The minimum atomic E-state index is -5.01. The molecule has 0 aromatic heterocycles. The second-order valence-corrected chi connectivity index (χ2v) is 3.25. The van der Waals surface area contributed by atoms with Crippen LogP contribution in [0.15, 0.2) is 18.2 Å². The van der Waals surface area contributed by atoms with Gasteiger partial charge in [-0.3, -0.25) is 0 Å². The highest BCUT2D eigenvalue weighted by molar-refractivity contribution is 5.49. The molecule has 0 amide bonds. The minimum Gasteiger partial charge on any atom is -0.484 e. The molecule has 19 heavy (non-hydrogen) atoms. The van der Waals surface area contributed by atoms with E-state index in [1.54, 1.807) is 0 Å². The lowest BCUT2D eigenvalue weighted by molar-refractivity contribution is -0.274. The van der Waals surface area contributed by atoms with Crippen LogP contribution in [-0.4, -0.2) is 19.1 Å². The Labute approximate surface area is 103 Å². The van der Waals surface area contributed by atoms with Crippen LogP contribution in [0.2, 0.25) is 0 Å². The summed E-state index contributed by atoms with van der Waals surface area (Å²) in [5.41, 5.74) is -0.253. The molecule has 0 radical (unpaired) electrons. The summed E-state index contributed by atoms with van der Waals surface area (Å²) < 4.78 is 79.7. The maximum Gasteiger partial charge on any atom is 0.573 e. The molecule has 1 rings (SSSR count). The number of rotatable bonds is 3. The van der Waals surface area contributed by atoms with Crippen LogP contribution in [0.4, 0.5) is 26.3 Å². The third-order valence-corrected chi connectivity index (χ3v) is 1.74. The zero-order valence-electron chi connectivity index (χ0n) is 9.10. The Balaban J connectivity index is 2.93. The Bertz CT molecular complexity index is 483. The summed E-state index contributed by atoms with van der Waals surface area (Å²) in [6.45, 7) is -1.63. The predicted octanol–water partition coefficient (Wildman–Crippen LogP) is 3.51. The normalized spacial score (nSPS) is 11.8. The van der Waals surface area contributed by atoms with Crippen molar-refractivity contribution in [3.8, 4) is 23.8 Å². The van der Waals surface area contributed by atoms with Crippen molar-refractivity contribution < 1.29 is 35.8 Å². The molecule has 0 bridgehead atoms. The fourth-order valence-electron chi connectivity index (χ4n) is 1.09. The van der Waals surface area contributed by atoms with Gasteiger partial charge in [-0.1, -0.05) is 5.92 Å². The second-order valence-electron chi connectivity index (χ2n) is 3.25. The van der Waals surface area contributed by atoms with Gasteiger partial charge >= 0.3 is 12.5 Å². The standard InChI is InChI=1S/C11H6F6O2/c1-2-7-3-4-8(18-6-10(12,13)14)5-9(7)19-11(15,16)17/h1,3-5H,6H2. The number of alkyl halides is 6. The average Bonchev–Trinajstić information content (AvgIpc) is 2.23. The summed E-state index contributed by atoms with van der Waals surface area (Å²) in [5.74, 6) is 0.684. The first-order valence-electron chi connectivity index (χ1n) is 4.67. The van der Waals surface area contributed by atoms with Gasteiger partial charge in [0.2, 0.25) is 0 Å². The number of halogens is 6. The molecule has 1 aromatic rings. The summed E-state index contributed by atoms with van der Waals surface area (Å²) >= 11 is 0. The van der Waals surface area contributed by atoms with Crippen LogP contribution in [-0.2, 0) is 0 Å². The number of terminal acetylenes is 1. The van der Waals surface area contributed by atoms with E-state index in [2.05, 4.69) is 9.47 Å². The zero-order valence-corrected chi connectivity index (χ0v) is 9.10. The van der Waals surface area contributed by atoms with E-state index >= 15 is 0 Å². The van der Waals surface area contributed by atoms with E-state index in [-0.39, 0.29) is 5.56 Å². The Morgan fingerprint density at radius 2 is 1.74 bits per heavy atom. The predicted molar refractivity (Wildman–Crippen MR) is 52.6 cm³/mol. The van der Waals surface area contributed by atoms with Crippen molar-refractivity contribution in [3.05, 3.63) is 23.8 Å². The van der Waals surface area contributed by atoms with E-state index < -0.39 is 30.6 Å². The Kier molecular flexibility index (Phi) is 4.19. The summed E-state index contributed by atoms with van der Waals surface area (Å²) in [7, 11) is 0. The molecule has 104 valence electrons. The number of benzene rings is 1. The summed E-state index contributed by atoms with van der Waals surface area (Å²) in [5, 5.41) is 0. The SMILES string of the molecule is C#Cc1ccc(OCC(F)(F)F)cc1OC(F)(F)F. The molecule has 0 atom stereocenters. The van der Waals surface area contributed by atoms with Crippen molar-refractivity contribution >= 4 is 0 Å². The quantitative estimate of drug-likeness (QED) is 0.624. The molecule has 0 aliphatic heterocycles. The van der Waals surface area contributed by atoms with E-state index in [1.807, 2.05) is 5.92 Å². The molecular formula is C11H6F6O2. The topological polar surface area (TPSA) is 18.5 Å². The van der Waals surface area contributed by atoms with Crippen LogP contribution < -0.4 is 9.47 Å². The van der Waals surface area contributed by atoms with Crippen molar-refractivity contribution in [3.63, 3.8) is 0 Å². The molecule has 0 N–H and O–H groups in total. The highest BCUT2D eigenvalue weighted by Crippen LogP contribution is 2.30. The lowest BCUT2D eigenvalue weighted by Gasteiger charge is -2.13. The largest absolute Gasteiger partial charge is 0.573 e. The molecule has 0 unspecified atom stereocenters. The number of hydrogen-bond donors (Lipinski definition) is 0. The van der Waals surface area contributed by atoms with Crippen molar-refractivity contribution in [2.24, 2.45) is 0 Å². The lowest BCUT2D eigenvalue weighted by Crippen LogP contribution is -2.20. The first-order chi connectivity index (χ1) is 8.61. The molecule has 0 saturated carbocycles. The molecule has 0 aliphatic carbocycles. The fraction of sp³-hybridized carbons (Fsp3) is 0.273. The van der Waals surface area contributed by atoms with Crippen LogP contribution in [0, 0.1) is 12.3 Å². The average molecular weight is 284 g/mol. The minimum absolute atomic E-state index is 0.253. The third-order valence-electron chi connectivity index (χ3n) is 1.74. The van der Waals surface area contributed by atoms with Crippen LogP contribution in [0.5, 0.6) is 11.5 Å². The number of hydrogen-bond acceptors (Lipinski definition) is 2. The van der Waals surface area contributed by atoms with Gasteiger partial charge in [0.15, 0.2) is 6.61 Å². The molecule has 1 aromatic carbocycles. The maximum atomic E-state index is 12.1. The number of ether oxygens (including phenoxy) is 2. The molecule has 0 heterocycles. The Morgan fingerprint density at radius 1 is 1.11 bits per heavy atom. The molecule has 2 nitrogen and oxygen atoms in total. The smallest absolute Gasteiger partial charge is 0.484 e. The first kappa shape index (κ1) is 15.0. The molecule has 8 heteroatoms. The molecule has 0 aliphatic rings. The summed E-state index contributed by atoms with van der Waals surface area (Å²) in [6.07, 6.45) is -4.66. The van der Waals surface area contributed by atoms with Crippen molar-refractivity contribution in [1.29, 1.82) is 0 Å². The lowest BCUT2D eigenvalue weighted by atomic mass is 10.2. The van der Waals surface area contributed by atoms with E-state index in [1.165, 1.54) is 0 Å². The van der Waals surface area contributed by atoms with Crippen LogP contribution in [0.3, 0.4) is 0 Å². The molecule has 0 saturated heterocycles. The van der Waals surface area contributed by atoms with Gasteiger partial charge in [0.05, 0.1) is 5.56 Å². The zero-order chi connectivity index (χ0) is 14.7. The van der Waals surface area contributed by atoms with Gasteiger partial charge in [-0.15, -0.1) is 19.6 Å². The van der Waals surface area contributed by atoms with Gasteiger partial charge in [0.1, 0.15) is 11.5 Å². The van der Waals surface area contributed by atoms with Crippen molar-refractivity contribution in [2.45, 2.75) is 12.5 Å². The second kappa shape index (κ2) is 5.30. The van der Waals surface area contributed by atoms with Crippen LogP contribution >= 0.6 is 0 Å². The Hall–Kier alpha value is -2.04. The highest BCUT2D eigenvalue weighted by atomic mass is 19.4.